The van der Waals surface area contributed by atoms with Crippen molar-refractivity contribution in [1.29, 1.82) is 0 Å². The van der Waals surface area contributed by atoms with Crippen molar-refractivity contribution in [3.05, 3.63) is 52.6 Å². The quantitative estimate of drug-likeness (QED) is 0.799. The zero-order chi connectivity index (χ0) is 13.3. The summed E-state index contributed by atoms with van der Waals surface area (Å²) in [5.41, 5.74) is 6.38. The van der Waals surface area contributed by atoms with Crippen LogP contribution in [-0.4, -0.2) is 0 Å². The van der Waals surface area contributed by atoms with Crippen LogP contribution >= 0.6 is 11.6 Å². The molecule has 0 saturated heterocycles. The molecule has 0 aliphatic carbocycles. The molecular formula is C13H11ClF2N2. The van der Waals surface area contributed by atoms with E-state index in [1.807, 2.05) is 0 Å². The van der Waals surface area contributed by atoms with E-state index in [2.05, 4.69) is 5.32 Å². The number of nitrogen functional groups attached to an aromatic ring is 1. The van der Waals surface area contributed by atoms with Gasteiger partial charge in [0.25, 0.3) is 0 Å². The highest BCUT2D eigenvalue weighted by Gasteiger charge is 2.13. The standard InChI is InChI=1S/C13H11ClF2N2/c1-7-3-2-4-9(14)12(7)18-13-10(15)5-8(17)6-11(13)16/h2-6,18H,17H2,1H3. The summed E-state index contributed by atoms with van der Waals surface area (Å²) < 4.78 is 27.3. The Bertz CT molecular complexity index is 556. The molecule has 0 aromatic heterocycles. The lowest BCUT2D eigenvalue weighted by Crippen LogP contribution is -2.01. The van der Waals surface area contributed by atoms with E-state index in [-0.39, 0.29) is 11.4 Å². The van der Waals surface area contributed by atoms with Crippen molar-refractivity contribution in [3.63, 3.8) is 0 Å². The number of anilines is 3. The number of hydrogen-bond donors (Lipinski definition) is 2. The molecular weight excluding hydrogens is 258 g/mol. The van der Waals surface area contributed by atoms with Crippen LogP contribution in [0.15, 0.2) is 30.3 Å². The predicted octanol–water partition coefficient (Wildman–Crippen LogP) is 4.25. The van der Waals surface area contributed by atoms with E-state index < -0.39 is 11.6 Å². The maximum atomic E-state index is 13.6. The highest BCUT2D eigenvalue weighted by molar-refractivity contribution is 6.33. The molecule has 5 heteroatoms. The Morgan fingerprint density at radius 3 is 2.28 bits per heavy atom. The minimum atomic E-state index is -0.758. The van der Waals surface area contributed by atoms with Gasteiger partial charge >= 0.3 is 0 Å². The molecule has 0 radical (unpaired) electrons. The lowest BCUT2D eigenvalue weighted by Gasteiger charge is -2.13. The van der Waals surface area contributed by atoms with Crippen molar-refractivity contribution >= 4 is 28.7 Å². The second-order valence-corrected chi connectivity index (χ2v) is 4.32. The fraction of sp³-hybridized carbons (Fsp3) is 0.0769. The number of nitrogens with two attached hydrogens (primary N) is 1. The lowest BCUT2D eigenvalue weighted by molar-refractivity contribution is 0.592. The number of rotatable bonds is 2. The number of nitrogens with one attached hydrogen (secondary N) is 1. The average molecular weight is 269 g/mol. The van der Waals surface area contributed by atoms with E-state index in [1.165, 1.54) is 0 Å². The second-order valence-electron chi connectivity index (χ2n) is 3.92. The van der Waals surface area contributed by atoms with Gasteiger partial charge in [-0.15, -0.1) is 0 Å². The largest absolute Gasteiger partial charge is 0.399 e. The van der Waals surface area contributed by atoms with Crippen molar-refractivity contribution in [2.75, 3.05) is 11.1 Å². The van der Waals surface area contributed by atoms with E-state index in [9.17, 15) is 8.78 Å². The molecule has 0 aliphatic rings. The molecule has 2 aromatic carbocycles. The van der Waals surface area contributed by atoms with E-state index in [1.54, 1.807) is 25.1 Å². The maximum absolute atomic E-state index is 13.6. The third-order valence-electron chi connectivity index (χ3n) is 2.54. The van der Waals surface area contributed by atoms with Gasteiger partial charge in [-0.3, -0.25) is 0 Å². The van der Waals surface area contributed by atoms with Crippen LogP contribution in [0.25, 0.3) is 0 Å². The number of hydrogen-bond acceptors (Lipinski definition) is 2. The number of aryl methyl sites for hydroxylation is 1. The third kappa shape index (κ3) is 2.38. The molecule has 0 fully saturated rings. The molecule has 3 N–H and O–H groups in total. The lowest BCUT2D eigenvalue weighted by atomic mass is 10.2. The number of halogens is 3. The van der Waals surface area contributed by atoms with Crippen LogP contribution in [0.1, 0.15) is 5.56 Å². The second kappa shape index (κ2) is 4.82. The maximum Gasteiger partial charge on any atom is 0.151 e. The van der Waals surface area contributed by atoms with Crippen LogP contribution in [-0.2, 0) is 0 Å². The van der Waals surface area contributed by atoms with Crippen molar-refractivity contribution in [1.82, 2.24) is 0 Å². The van der Waals surface area contributed by atoms with Gasteiger partial charge in [-0.2, -0.15) is 0 Å². The van der Waals surface area contributed by atoms with Crippen molar-refractivity contribution in [3.8, 4) is 0 Å². The Balaban J connectivity index is 2.47. The van der Waals surface area contributed by atoms with Crippen LogP contribution in [0.5, 0.6) is 0 Å². The molecule has 2 rings (SSSR count). The van der Waals surface area contributed by atoms with Gasteiger partial charge in [-0.05, 0) is 30.7 Å². The first-order chi connectivity index (χ1) is 8.49. The Kier molecular flexibility index (Phi) is 3.39. The van der Waals surface area contributed by atoms with Gasteiger partial charge in [-0.25, -0.2) is 8.78 Å². The van der Waals surface area contributed by atoms with Crippen LogP contribution in [0.3, 0.4) is 0 Å². The van der Waals surface area contributed by atoms with Crippen LogP contribution in [0.4, 0.5) is 25.8 Å². The van der Waals surface area contributed by atoms with Gasteiger partial charge in [0.1, 0.15) is 5.69 Å². The predicted molar refractivity (Wildman–Crippen MR) is 70.2 cm³/mol. The van der Waals surface area contributed by atoms with E-state index in [0.29, 0.717) is 10.7 Å². The Morgan fingerprint density at radius 2 is 1.72 bits per heavy atom. The van der Waals surface area contributed by atoms with Gasteiger partial charge in [0.15, 0.2) is 11.6 Å². The van der Waals surface area contributed by atoms with Crippen LogP contribution in [0, 0.1) is 18.6 Å². The van der Waals surface area contributed by atoms with Gasteiger partial charge in [0, 0.05) is 5.69 Å². The Labute approximate surface area is 108 Å². The molecule has 2 nitrogen and oxygen atoms in total. The van der Waals surface area contributed by atoms with Gasteiger partial charge in [-0.1, -0.05) is 23.7 Å². The van der Waals surface area contributed by atoms with Gasteiger partial charge in [0.05, 0.1) is 10.7 Å². The van der Waals surface area contributed by atoms with Crippen LogP contribution < -0.4 is 11.1 Å². The Hall–Kier alpha value is -1.81. The summed E-state index contributed by atoms with van der Waals surface area (Å²) in [5, 5.41) is 3.06. The molecule has 0 unspecified atom stereocenters. The van der Waals surface area contributed by atoms with E-state index >= 15 is 0 Å². The van der Waals surface area contributed by atoms with Crippen molar-refractivity contribution < 1.29 is 8.78 Å². The molecule has 2 aromatic rings. The first-order valence-electron chi connectivity index (χ1n) is 5.25. The summed E-state index contributed by atoms with van der Waals surface area (Å²) >= 11 is 5.98. The summed E-state index contributed by atoms with van der Waals surface area (Å²) in [4.78, 5) is 0. The summed E-state index contributed by atoms with van der Waals surface area (Å²) in [6.07, 6.45) is 0. The monoisotopic (exact) mass is 268 g/mol. The molecule has 0 spiro atoms. The van der Waals surface area contributed by atoms with Crippen molar-refractivity contribution in [2.24, 2.45) is 0 Å². The SMILES string of the molecule is Cc1cccc(Cl)c1Nc1c(F)cc(N)cc1F. The highest BCUT2D eigenvalue weighted by atomic mass is 35.5. The smallest absolute Gasteiger partial charge is 0.151 e. The summed E-state index contributed by atoms with van der Waals surface area (Å²) in [5.74, 6) is -1.52. The van der Waals surface area contributed by atoms with Gasteiger partial charge < -0.3 is 11.1 Å². The molecule has 0 bridgehead atoms. The first-order valence-corrected chi connectivity index (χ1v) is 5.63. The fourth-order valence-electron chi connectivity index (χ4n) is 1.63. The molecule has 0 heterocycles. The zero-order valence-corrected chi connectivity index (χ0v) is 10.4. The number of benzene rings is 2. The average Bonchev–Trinajstić information content (AvgIpc) is 2.26. The normalized spacial score (nSPS) is 10.4. The summed E-state index contributed by atoms with van der Waals surface area (Å²) in [6.45, 7) is 1.79. The minimum absolute atomic E-state index is 0.0337. The van der Waals surface area contributed by atoms with Crippen molar-refractivity contribution in [2.45, 2.75) is 6.92 Å². The van der Waals surface area contributed by atoms with E-state index in [4.69, 9.17) is 17.3 Å². The molecule has 18 heavy (non-hydrogen) atoms. The topological polar surface area (TPSA) is 38.0 Å². The molecule has 94 valence electrons. The summed E-state index contributed by atoms with van der Waals surface area (Å²) in [7, 11) is 0. The molecule has 0 amide bonds. The Morgan fingerprint density at radius 1 is 1.11 bits per heavy atom. The molecule has 0 saturated carbocycles. The van der Waals surface area contributed by atoms with Crippen LogP contribution in [0.2, 0.25) is 5.02 Å². The summed E-state index contributed by atoms with van der Waals surface area (Å²) in [6, 6.07) is 7.30. The third-order valence-corrected chi connectivity index (χ3v) is 2.85. The molecule has 0 aliphatic heterocycles. The minimum Gasteiger partial charge on any atom is -0.399 e. The fourth-order valence-corrected chi connectivity index (χ4v) is 1.90. The molecule has 0 atom stereocenters. The zero-order valence-electron chi connectivity index (χ0n) is 9.60. The first kappa shape index (κ1) is 12.6. The number of para-hydroxylation sites is 1. The highest BCUT2D eigenvalue weighted by Crippen LogP contribution is 2.31. The van der Waals surface area contributed by atoms with Gasteiger partial charge in [0.2, 0.25) is 0 Å². The van der Waals surface area contributed by atoms with E-state index in [0.717, 1.165) is 17.7 Å².